The van der Waals surface area contributed by atoms with E-state index >= 15 is 0 Å². The van der Waals surface area contributed by atoms with E-state index in [1.807, 2.05) is 16.8 Å². The number of hydrogen-bond acceptors (Lipinski definition) is 8. The summed E-state index contributed by atoms with van der Waals surface area (Å²) < 4.78 is 33.2. The van der Waals surface area contributed by atoms with E-state index in [9.17, 15) is 0 Å². The summed E-state index contributed by atoms with van der Waals surface area (Å²) in [5.74, 6) is 0.497. The van der Waals surface area contributed by atoms with E-state index in [1.54, 1.807) is 7.11 Å². The standard InChI is InChI=1S/C21H46N4O5Si4/c1-26-23-21-22-16(24-31(2,3)4)14-15-25(21)19-17(28-32(5,6)7)18(29-33(8,9)10)20(27-19)30-34(11,12)13/h14-15,17-20H,1-13H3,(H,22,23,24)/t17?,18?,19-,20-/m0/s1. The predicted octanol–water partition coefficient (Wildman–Crippen LogP) is 4.74. The summed E-state index contributed by atoms with van der Waals surface area (Å²) in [5, 5.41) is 0. The molecule has 4 atom stereocenters. The molecule has 2 rings (SSSR count). The van der Waals surface area contributed by atoms with Crippen LogP contribution in [0.15, 0.2) is 16.9 Å². The average Bonchev–Trinajstić information content (AvgIpc) is 2.86. The van der Waals surface area contributed by atoms with Crippen LogP contribution < -0.4 is 11.0 Å². The second-order valence-electron chi connectivity index (χ2n) is 12.6. The molecule has 0 amide bonds. The van der Waals surface area contributed by atoms with Crippen molar-refractivity contribution in [1.82, 2.24) is 9.55 Å². The third-order valence-electron chi connectivity index (χ3n) is 4.36. The van der Waals surface area contributed by atoms with Crippen molar-refractivity contribution in [1.29, 1.82) is 0 Å². The highest BCUT2D eigenvalue weighted by molar-refractivity contribution is 6.74. The van der Waals surface area contributed by atoms with Crippen LogP contribution in [0.3, 0.4) is 0 Å². The van der Waals surface area contributed by atoms with Gasteiger partial charge in [0.15, 0.2) is 45.7 Å². The normalized spacial score (nSPS) is 25.1. The Morgan fingerprint density at radius 1 is 0.853 bits per heavy atom. The molecule has 1 saturated heterocycles. The molecule has 196 valence electrons. The maximum atomic E-state index is 6.73. The quantitative estimate of drug-likeness (QED) is 0.335. The lowest BCUT2D eigenvalue weighted by Crippen LogP contribution is -2.49. The Labute approximate surface area is 209 Å². The molecule has 0 saturated carbocycles. The van der Waals surface area contributed by atoms with Gasteiger partial charge in [0.25, 0.3) is 0 Å². The fourth-order valence-electron chi connectivity index (χ4n) is 3.54. The molecule has 1 aliphatic rings. The first-order chi connectivity index (χ1) is 15.3. The van der Waals surface area contributed by atoms with E-state index in [0.29, 0.717) is 11.4 Å². The van der Waals surface area contributed by atoms with Crippen molar-refractivity contribution >= 4 is 39.1 Å². The molecule has 0 aromatic carbocycles. The smallest absolute Gasteiger partial charge is 0.231 e. The molecular weight excluding hydrogens is 501 g/mol. The van der Waals surface area contributed by atoms with E-state index < -0.39 is 45.7 Å². The minimum Gasteiger partial charge on any atom is -0.407 e. The lowest BCUT2D eigenvalue weighted by molar-refractivity contribution is -0.127. The fraction of sp³-hybridized carbons (Fsp3) is 0.810. The number of nitrogens with one attached hydrogen (secondary N) is 1. The monoisotopic (exact) mass is 546 g/mol. The Hall–Kier alpha value is -0.652. The first kappa shape index (κ1) is 29.6. The molecule has 2 heterocycles. The predicted molar refractivity (Wildman–Crippen MR) is 147 cm³/mol. The van der Waals surface area contributed by atoms with Crippen molar-refractivity contribution in [2.45, 2.75) is 103 Å². The number of aromatic nitrogens is 2. The minimum absolute atomic E-state index is 0.343. The minimum atomic E-state index is -1.97. The van der Waals surface area contributed by atoms with E-state index in [0.717, 1.165) is 0 Å². The second-order valence-corrected chi connectivity index (χ2v) is 30.6. The lowest BCUT2D eigenvalue weighted by atomic mass is 10.2. The first-order valence-corrected chi connectivity index (χ1v) is 25.6. The van der Waals surface area contributed by atoms with Gasteiger partial charge >= 0.3 is 0 Å². The molecule has 1 N–H and O–H groups in total. The molecule has 0 radical (unpaired) electrons. The van der Waals surface area contributed by atoms with Crippen molar-refractivity contribution in [2.75, 3.05) is 12.6 Å². The Morgan fingerprint density at radius 2 is 1.38 bits per heavy atom. The van der Waals surface area contributed by atoms with Gasteiger partial charge in [-0.2, -0.15) is 4.98 Å². The highest BCUT2D eigenvalue weighted by Gasteiger charge is 2.52. The zero-order chi connectivity index (χ0) is 26.1. The second kappa shape index (κ2) is 10.8. The van der Waals surface area contributed by atoms with Gasteiger partial charge in [-0.3, -0.25) is 9.40 Å². The highest BCUT2D eigenvalue weighted by Crippen LogP contribution is 2.39. The van der Waals surface area contributed by atoms with Crippen LogP contribution in [0.1, 0.15) is 6.23 Å². The van der Waals surface area contributed by atoms with Crippen molar-refractivity contribution in [2.24, 2.45) is 4.66 Å². The van der Waals surface area contributed by atoms with Crippen LogP contribution in [0.4, 0.5) is 5.95 Å². The number of ether oxygens (including phenoxy) is 1. The van der Waals surface area contributed by atoms with Crippen LogP contribution in [0.5, 0.6) is 0 Å². The Bertz CT molecular complexity index is 887. The van der Waals surface area contributed by atoms with Gasteiger partial charge in [-0.1, -0.05) is 0 Å². The third-order valence-corrected chi connectivity index (χ3v) is 8.16. The Balaban J connectivity index is 2.62. The van der Waals surface area contributed by atoms with E-state index in [2.05, 4.69) is 84.0 Å². The SMILES string of the molecule is CONc1n/c(=N/[Si](C)(C)C)ccn1[C@H]1O[C@@H](O[Si](C)(C)C)C(O[Si](C)(C)C)C1O[Si](C)(C)C. The zero-order valence-electron chi connectivity index (χ0n) is 23.3. The molecule has 1 aromatic rings. The maximum Gasteiger partial charge on any atom is 0.231 e. The van der Waals surface area contributed by atoms with Crippen LogP contribution >= 0.6 is 0 Å². The third kappa shape index (κ3) is 9.42. The molecule has 34 heavy (non-hydrogen) atoms. The van der Waals surface area contributed by atoms with Crippen molar-refractivity contribution < 1.29 is 22.9 Å². The largest absolute Gasteiger partial charge is 0.407 e. The van der Waals surface area contributed by atoms with Crippen LogP contribution in [0, 0.1) is 0 Å². The summed E-state index contributed by atoms with van der Waals surface area (Å²) >= 11 is 0. The van der Waals surface area contributed by atoms with Crippen LogP contribution in [0.2, 0.25) is 78.6 Å². The molecule has 1 aromatic heterocycles. The van der Waals surface area contributed by atoms with Crippen LogP contribution in [-0.4, -0.2) is 68.3 Å². The van der Waals surface area contributed by atoms with Crippen molar-refractivity contribution in [3.63, 3.8) is 0 Å². The van der Waals surface area contributed by atoms with Gasteiger partial charge in [0.05, 0.1) is 7.11 Å². The lowest BCUT2D eigenvalue weighted by Gasteiger charge is -2.35. The Kier molecular flexibility index (Phi) is 9.36. The summed E-state index contributed by atoms with van der Waals surface area (Å²) in [4.78, 5) is 9.99. The molecule has 0 spiro atoms. The summed E-state index contributed by atoms with van der Waals surface area (Å²) in [7, 11) is -5.98. The van der Waals surface area contributed by atoms with Gasteiger partial charge in [-0.05, 0) is 84.6 Å². The van der Waals surface area contributed by atoms with E-state index in [4.69, 9.17) is 32.5 Å². The number of hydrogen-bond donors (Lipinski definition) is 1. The number of rotatable bonds is 10. The maximum absolute atomic E-state index is 6.73. The van der Waals surface area contributed by atoms with Gasteiger partial charge < -0.3 is 22.7 Å². The number of nitrogens with zero attached hydrogens (tertiary/aromatic N) is 3. The van der Waals surface area contributed by atoms with Gasteiger partial charge in [0, 0.05) is 6.20 Å². The van der Waals surface area contributed by atoms with Crippen molar-refractivity contribution in [3.05, 3.63) is 17.8 Å². The topological polar surface area (TPSA) is 88.4 Å². The molecule has 1 aliphatic heterocycles. The van der Waals surface area contributed by atoms with E-state index in [-0.39, 0.29) is 12.2 Å². The van der Waals surface area contributed by atoms with Crippen LogP contribution in [-0.2, 0) is 22.9 Å². The molecule has 2 unspecified atom stereocenters. The molecular formula is C21H46N4O5Si4. The first-order valence-electron chi connectivity index (χ1n) is 11.9. The number of anilines is 1. The average molecular weight is 547 g/mol. The summed E-state index contributed by atoms with van der Waals surface area (Å²) in [5.41, 5.74) is 3.57. The van der Waals surface area contributed by atoms with E-state index in [1.165, 1.54) is 0 Å². The van der Waals surface area contributed by atoms with Gasteiger partial charge in [0.1, 0.15) is 17.7 Å². The zero-order valence-corrected chi connectivity index (χ0v) is 27.3. The van der Waals surface area contributed by atoms with Gasteiger partial charge in [0.2, 0.25) is 5.95 Å². The van der Waals surface area contributed by atoms with Crippen LogP contribution in [0.25, 0.3) is 0 Å². The van der Waals surface area contributed by atoms with Gasteiger partial charge in [-0.25, -0.2) is 5.48 Å². The summed E-state index contributed by atoms with van der Waals surface area (Å²) in [6.07, 6.45) is 0.202. The molecule has 1 fully saturated rings. The molecule has 9 nitrogen and oxygen atoms in total. The van der Waals surface area contributed by atoms with Crippen molar-refractivity contribution in [3.8, 4) is 0 Å². The highest BCUT2D eigenvalue weighted by atomic mass is 28.4. The fourth-order valence-corrected chi connectivity index (χ4v) is 7.37. The Morgan fingerprint density at radius 3 is 1.85 bits per heavy atom. The molecule has 13 heteroatoms. The molecule has 0 aliphatic carbocycles. The van der Waals surface area contributed by atoms with Gasteiger partial charge in [-0.15, -0.1) is 0 Å². The summed E-state index contributed by atoms with van der Waals surface area (Å²) in [6.45, 7) is 26.1. The summed E-state index contributed by atoms with van der Waals surface area (Å²) in [6, 6.07) is 1.91. The molecule has 0 bridgehead atoms.